The number of aryl methyl sites for hydroxylation is 1. The number of nitrogens with zero attached hydrogens (tertiary/aromatic N) is 2. The molecule has 0 spiro atoms. The minimum Gasteiger partial charge on any atom is -0.355 e. The number of amides is 2. The standard InChI is InChI=1S/C22H23N3O2S/c1-2-15-7-9-17(10-8-15)25-14-16(13-21(25)26)22(27)23-12-11-20-24-18-5-3-4-6-19(18)28-20/h3-10,16H,2,11-14H2,1H3,(H,23,27). The Kier molecular flexibility index (Phi) is 5.39. The zero-order valence-corrected chi connectivity index (χ0v) is 16.7. The second kappa shape index (κ2) is 8.10. The third-order valence-electron chi connectivity index (χ3n) is 5.13. The zero-order chi connectivity index (χ0) is 19.5. The van der Waals surface area contributed by atoms with Gasteiger partial charge >= 0.3 is 0 Å². The molecule has 0 aliphatic carbocycles. The summed E-state index contributed by atoms with van der Waals surface area (Å²) < 4.78 is 1.16. The number of fused-ring (bicyclic) bond motifs is 1. The monoisotopic (exact) mass is 393 g/mol. The van der Waals surface area contributed by atoms with Gasteiger partial charge in [0.25, 0.3) is 0 Å². The van der Waals surface area contributed by atoms with Crippen molar-refractivity contribution in [3.8, 4) is 0 Å². The highest BCUT2D eigenvalue weighted by atomic mass is 32.1. The summed E-state index contributed by atoms with van der Waals surface area (Å²) in [6.07, 6.45) is 1.93. The largest absolute Gasteiger partial charge is 0.355 e. The van der Waals surface area contributed by atoms with Gasteiger partial charge < -0.3 is 10.2 Å². The van der Waals surface area contributed by atoms with E-state index < -0.39 is 0 Å². The van der Waals surface area contributed by atoms with E-state index in [1.165, 1.54) is 5.56 Å². The van der Waals surface area contributed by atoms with Crippen LogP contribution in [0.15, 0.2) is 48.5 Å². The van der Waals surface area contributed by atoms with Crippen molar-refractivity contribution < 1.29 is 9.59 Å². The highest BCUT2D eigenvalue weighted by Crippen LogP contribution is 2.26. The molecule has 0 radical (unpaired) electrons. The van der Waals surface area contributed by atoms with E-state index in [0.29, 0.717) is 19.5 Å². The lowest BCUT2D eigenvalue weighted by molar-refractivity contribution is -0.126. The van der Waals surface area contributed by atoms with Gasteiger partial charge in [-0.25, -0.2) is 4.98 Å². The Morgan fingerprint density at radius 1 is 1.21 bits per heavy atom. The van der Waals surface area contributed by atoms with Gasteiger partial charge in [0.1, 0.15) is 0 Å². The van der Waals surface area contributed by atoms with E-state index in [0.717, 1.165) is 27.3 Å². The van der Waals surface area contributed by atoms with Gasteiger partial charge in [-0.2, -0.15) is 0 Å². The number of nitrogens with one attached hydrogen (secondary N) is 1. The van der Waals surface area contributed by atoms with Crippen molar-refractivity contribution in [3.63, 3.8) is 0 Å². The number of anilines is 1. The summed E-state index contributed by atoms with van der Waals surface area (Å²) >= 11 is 1.66. The fraction of sp³-hybridized carbons (Fsp3) is 0.318. The van der Waals surface area contributed by atoms with Crippen LogP contribution in [0, 0.1) is 5.92 Å². The molecule has 1 aliphatic rings. The second-order valence-electron chi connectivity index (χ2n) is 7.04. The van der Waals surface area contributed by atoms with Gasteiger partial charge in [-0.3, -0.25) is 9.59 Å². The van der Waals surface area contributed by atoms with E-state index >= 15 is 0 Å². The minimum atomic E-state index is -0.297. The summed E-state index contributed by atoms with van der Waals surface area (Å²) in [5.41, 5.74) is 3.10. The van der Waals surface area contributed by atoms with Gasteiger partial charge in [0.2, 0.25) is 11.8 Å². The van der Waals surface area contributed by atoms with Crippen molar-refractivity contribution >= 4 is 39.1 Å². The number of benzene rings is 2. The maximum absolute atomic E-state index is 12.5. The number of aromatic nitrogens is 1. The van der Waals surface area contributed by atoms with Crippen LogP contribution in [0.2, 0.25) is 0 Å². The molecule has 1 aromatic heterocycles. The number of para-hydroxylation sites is 1. The van der Waals surface area contributed by atoms with E-state index in [1.54, 1.807) is 16.2 Å². The van der Waals surface area contributed by atoms with Crippen molar-refractivity contribution in [3.05, 3.63) is 59.1 Å². The molecular formula is C22H23N3O2S. The molecule has 3 aromatic rings. The molecule has 2 aromatic carbocycles. The molecule has 5 nitrogen and oxygen atoms in total. The molecule has 1 unspecified atom stereocenters. The Hall–Kier alpha value is -2.73. The van der Waals surface area contributed by atoms with Gasteiger partial charge in [0.15, 0.2) is 0 Å². The average molecular weight is 394 g/mol. The molecule has 2 heterocycles. The number of carbonyl (C=O) groups excluding carboxylic acids is 2. The Morgan fingerprint density at radius 3 is 2.75 bits per heavy atom. The molecule has 0 bridgehead atoms. The molecule has 2 amide bonds. The first-order valence-corrected chi connectivity index (χ1v) is 10.5. The van der Waals surface area contributed by atoms with Crippen LogP contribution in [0.1, 0.15) is 23.9 Å². The Morgan fingerprint density at radius 2 is 2.00 bits per heavy atom. The molecule has 4 rings (SSSR count). The summed E-state index contributed by atoms with van der Waals surface area (Å²) in [5, 5.41) is 3.99. The van der Waals surface area contributed by atoms with Crippen LogP contribution in [-0.2, 0) is 22.4 Å². The summed E-state index contributed by atoms with van der Waals surface area (Å²) in [7, 11) is 0. The zero-order valence-electron chi connectivity index (χ0n) is 15.9. The fourth-order valence-electron chi connectivity index (χ4n) is 3.51. The normalized spacial score (nSPS) is 16.7. The van der Waals surface area contributed by atoms with Gasteiger partial charge in [-0.05, 0) is 36.2 Å². The van der Waals surface area contributed by atoms with Crippen LogP contribution in [-0.4, -0.2) is 29.9 Å². The summed E-state index contributed by atoms with van der Waals surface area (Å²) in [6.45, 7) is 3.08. The van der Waals surface area contributed by atoms with E-state index in [4.69, 9.17) is 0 Å². The molecule has 1 saturated heterocycles. The molecular weight excluding hydrogens is 370 g/mol. The van der Waals surface area contributed by atoms with Gasteiger partial charge in [0, 0.05) is 31.6 Å². The summed E-state index contributed by atoms with van der Waals surface area (Å²) in [4.78, 5) is 31.2. The molecule has 6 heteroatoms. The molecule has 0 saturated carbocycles. The van der Waals surface area contributed by atoms with Gasteiger partial charge in [-0.1, -0.05) is 31.2 Å². The number of thiazole rings is 1. The molecule has 144 valence electrons. The summed E-state index contributed by atoms with van der Waals surface area (Å²) in [5.74, 6) is -0.341. The van der Waals surface area contributed by atoms with Crippen LogP contribution in [0.3, 0.4) is 0 Å². The second-order valence-corrected chi connectivity index (χ2v) is 8.16. The molecule has 1 N–H and O–H groups in total. The van der Waals surface area contributed by atoms with Crippen LogP contribution >= 0.6 is 11.3 Å². The van der Waals surface area contributed by atoms with Crippen molar-refractivity contribution in [1.29, 1.82) is 0 Å². The molecule has 1 atom stereocenters. The topological polar surface area (TPSA) is 62.3 Å². The number of hydrogen-bond donors (Lipinski definition) is 1. The Labute approximate surface area is 168 Å². The predicted octanol–water partition coefficient (Wildman–Crippen LogP) is 3.57. The smallest absolute Gasteiger partial charge is 0.227 e. The third-order valence-corrected chi connectivity index (χ3v) is 6.22. The van der Waals surface area contributed by atoms with Gasteiger partial charge in [0.05, 0.1) is 21.1 Å². The van der Waals surface area contributed by atoms with E-state index in [9.17, 15) is 9.59 Å². The lowest BCUT2D eigenvalue weighted by Gasteiger charge is -2.17. The SMILES string of the molecule is CCc1ccc(N2CC(C(=O)NCCc3nc4ccccc4s3)CC2=O)cc1. The molecule has 1 aliphatic heterocycles. The number of rotatable bonds is 6. The van der Waals surface area contributed by atoms with Gasteiger partial charge in [-0.15, -0.1) is 11.3 Å². The van der Waals surface area contributed by atoms with Crippen molar-refractivity contribution in [2.24, 2.45) is 5.92 Å². The Bertz CT molecular complexity index is 963. The maximum Gasteiger partial charge on any atom is 0.227 e. The third kappa shape index (κ3) is 3.92. The van der Waals surface area contributed by atoms with Crippen LogP contribution in [0.25, 0.3) is 10.2 Å². The lowest BCUT2D eigenvalue weighted by atomic mass is 10.1. The first-order valence-electron chi connectivity index (χ1n) is 9.65. The average Bonchev–Trinajstić information content (AvgIpc) is 3.31. The number of hydrogen-bond acceptors (Lipinski definition) is 4. The summed E-state index contributed by atoms with van der Waals surface area (Å²) in [6, 6.07) is 16.0. The van der Waals surface area contributed by atoms with Crippen molar-refractivity contribution in [1.82, 2.24) is 10.3 Å². The maximum atomic E-state index is 12.5. The van der Waals surface area contributed by atoms with Crippen LogP contribution in [0.4, 0.5) is 5.69 Å². The quantitative estimate of drug-likeness (QED) is 0.696. The van der Waals surface area contributed by atoms with Crippen LogP contribution < -0.4 is 10.2 Å². The fourth-order valence-corrected chi connectivity index (χ4v) is 4.47. The lowest BCUT2D eigenvalue weighted by Crippen LogP contribution is -2.34. The van der Waals surface area contributed by atoms with Crippen LogP contribution in [0.5, 0.6) is 0 Å². The molecule has 28 heavy (non-hydrogen) atoms. The van der Waals surface area contributed by atoms with E-state index in [-0.39, 0.29) is 24.2 Å². The Balaban J connectivity index is 1.31. The van der Waals surface area contributed by atoms with E-state index in [2.05, 4.69) is 23.3 Å². The minimum absolute atomic E-state index is 0.00979. The molecule has 1 fully saturated rings. The first kappa shape index (κ1) is 18.6. The first-order chi connectivity index (χ1) is 13.6. The van der Waals surface area contributed by atoms with Crippen molar-refractivity contribution in [2.75, 3.05) is 18.0 Å². The highest BCUT2D eigenvalue weighted by molar-refractivity contribution is 7.18. The van der Waals surface area contributed by atoms with E-state index in [1.807, 2.05) is 42.5 Å². The number of carbonyl (C=O) groups is 2. The highest BCUT2D eigenvalue weighted by Gasteiger charge is 2.34. The van der Waals surface area contributed by atoms with Crippen molar-refractivity contribution in [2.45, 2.75) is 26.2 Å². The predicted molar refractivity (Wildman–Crippen MR) is 113 cm³/mol.